The maximum atomic E-state index is 13.1. The first kappa shape index (κ1) is 17.6. The number of hydrogen-bond acceptors (Lipinski definition) is 3. The number of ether oxygens (including phenoxy) is 1. The predicted octanol–water partition coefficient (Wildman–Crippen LogP) is 5.96. The van der Waals surface area contributed by atoms with Gasteiger partial charge in [-0.25, -0.2) is 0 Å². The lowest BCUT2D eigenvalue weighted by Crippen LogP contribution is -2.03. The van der Waals surface area contributed by atoms with Gasteiger partial charge >= 0.3 is 0 Å². The molecule has 0 aliphatic heterocycles. The normalized spacial score (nSPS) is 10.4. The Morgan fingerprint density at radius 1 is 0.679 bits per heavy atom. The Hall–Kier alpha value is -3.85. The highest BCUT2D eigenvalue weighted by atomic mass is 16.5. The number of nitrogens with two attached hydrogens (primary N) is 1. The highest BCUT2D eigenvalue weighted by Crippen LogP contribution is 2.36. The first-order valence-corrected chi connectivity index (χ1v) is 9.04. The molecule has 136 valence electrons. The zero-order chi connectivity index (χ0) is 19.3. The minimum atomic E-state index is -0.0186. The maximum absolute atomic E-state index is 13.1. The molecule has 4 aromatic rings. The van der Waals surface area contributed by atoms with Gasteiger partial charge in [-0.1, -0.05) is 78.9 Å². The smallest absolute Gasteiger partial charge is 0.193 e. The second kappa shape index (κ2) is 7.80. The zero-order valence-electron chi connectivity index (χ0n) is 15.2. The van der Waals surface area contributed by atoms with E-state index in [0.717, 1.165) is 11.1 Å². The van der Waals surface area contributed by atoms with Gasteiger partial charge in [-0.05, 0) is 23.8 Å². The molecule has 2 N–H and O–H groups in total. The van der Waals surface area contributed by atoms with Crippen LogP contribution in [0.5, 0.6) is 11.5 Å². The van der Waals surface area contributed by atoms with Crippen LogP contribution in [-0.2, 0) is 0 Å². The Labute approximate surface area is 164 Å². The van der Waals surface area contributed by atoms with Crippen molar-refractivity contribution in [2.24, 2.45) is 0 Å². The molecule has 28 heavy (non-hydrogen) atoms. The van der Waals surface area contributed by atoms with Crippen LogP contribution < -0.4 is 10.5 Å². The second-order valence-electron chi connectivity index (χ2n) is 6.41. The lowest BCUT2D eigenvalue weighted by Gasteiger charge is -2.14. The highest BCUT2D eigenvalue weighted by molar-refractivity contribution is 6.13. The van der Waals surface area contributed by atoms with Gasteiger partial charge in [0.25, 0.3) is 0 Å². The molecule has 4 rings (SSSR count). The number of anilines is 1. The summed E-state index contributed by atoms with van der Waals surface area (Å²) in [5.41, 5.74) is 9.47. The second-order valence-corrected chi connectivity index (χ2v) is 6.41. The standard InChI is InChI=1S/C25H19NO2/c26-19-11-8-12-20(17-19)28-24-16-7-6-14-22(24)21-13-4-5-15-23(21)25(27)18-9-2-1-3-10-18/h1-17H,26H2. The van der Waals surface area contributed by atoms with Gasteiger partial charge < -0.3 is 10.5 Å². The van der Waals surface area contributed by atoms with Gasteiger partial charge in [-0.2, -0.15) is 0 Å². The van der Waals surface area contributed by atoms with Crippen molar-refractivity contribution in [1.82, 2.24) is 0 Å². The number of carbonyl (C=O) groups excluding carboxylic acids is 1. The van der Waals surface area contributed by atoms with Crippen LogP contribution in [0.25, 0.3) is 11.1 Å². The molecule has 0 aliphatic carbocycles. The van der Waals surface area contributed by atoms with Crippen LogP contribution in [0.4, 0.5) is 5.69 Å². The fourth-order valence-electron chi connectivity index (χ4n) is 3.14. The monoisotopic (exact) mass is 365 g/mol. The van der Waals surface area contributed by atoms with E-state index in [1.807, 2.05) is 97.1 Å². The first-order valence-electron chi connectivity index (χ1n) is 9.04. The van der Waals surface area contributed by atoms with Crippen molar-refractivity contribution in [2.45, 2.75) is 0 Å². The van der Waals surface area contributed by atoms with Gasteiger partial charge in [-0.15, -0.1) is 0 Å². The fraction of sp³-hybridized carbons (Fsp3) is 0. The highest BCUT2D eigenvalue weighted by Gasteiger charge is 2.17. The number of para-hydroxylation sites is 1. The molecule has 3 heteroatoms. The largest absolute Gasteiger partial charge is 0.457 e. The molecule has 0 spiro atoms. The van der Waals surface area contributed by atoms with Crippen LogP contribution in [-0.4, -0.2) is 5.78 Å². The average molecular weight is 365 g/mol. The van der Waals surface area contributed by atoms with Gasteiger partial charge in [0.15, 0.2) is 5.78 Å². The quantitative estimate of drug-likeness (QED) is 0.351. The SMILES string of the molecule is Nc1cccc(Oc2ccccc2-c2ccccc2C(=O)c2ccccc2)c1. The van der Waals surface area contributed by atoms with Crippen LogP contribution in [0, 0.1) is 0 Å². The van der Waals surface area contributed by atoms with Crippen molar-refractivity contribution in [3.63, 3.8) is 0 Å². The van der Waals surface area contributed by atoms with E-state index in [4.69, 9.17) is 10.5 Å². The fourth-order valence-corrected chi connectivity index (χ4v) is 3.14. The summed E-state index contributed by atoms with van der Waals surface area (Å²) < 4.78 is 6.09. The number of hydrogen-bond donors (Lipinski definition) is 1. The van der Waals surface area contributed by atoms with Crippen molar-refractivity contribution in [3.8, 4) is 22.6 Å². The van der Waals surface area contributed by atoms with E-state index in [0.29, 0.717) is 28.3 Å². The van der Waals surface area contributed by atoms with E-state index in [1.165, 1.54) is 0 Å². The van der Waals surface area contributed by atoms with Crippen molar-refractivity contribution in [2.75, 3.05) is 5.73 Å². The molecule has 0 saturated heterocycles. The molecular weight excluding hydrogens is 346 g/mol. The molecule has 0 heterocycles. The summed E-state index contributed by atoms with van der Waals surface area (Å²) in [6.07, 6.45) is 0. The lowest BCUT2D eigenvalue weighted by atomic mass is 9.93. The molecule has 0 aliphatic rings. The number of rotatable bonds is 5. The van der Waals surface area contributed by atoms with Crippen molar-refractivity contribution in [3.05, 3.63) is 114 Å². The number of carbonyl (C=O) groups is 1. The Morgan fingerprint density at radius 3 is 2.14 bits per heavy atom. The van der Waals surface area contributed by atoms with Crippen LogP contribution in [0.3, 0.4) is 0 Å². The summed E-state index contributed by atoms with van der Waals surface area (Å²) >= 11 is 0. The van der Waals surface area contributed by atoms with Crippen molar-refractivity contribution in [1.29, 1.82) is 0 Å². The number of nitrogen functional groups attached to an aromatic ring is 1. The zero-order valence-corrected chi connectivity index (χ0v) is 15.2. The molecule has 3 nitrogen and oxygen atoms in total. The molecular formula is C25H19NO2. The van der Waals surface area contributed by atoms with Crippen LogP contribution in [0.1, 0.15) is 15.9 Å². The van der Waals surface area contributed by atoms with Gasteiger partial charge in [0.2, 0.25) is 0 Å². The summed E-state index contributed by atoms with van der Waals surface area (Å²) in [5.74, 6) is 1.30. The van der Waals surface area contributed by atoms with Gasteiger partial charge in [-0.3, -0.25) is 4.79 Å². The summed E-state index contributed by atoms with van der Waals surface area (Å²) in [5, 5.41) is 0. The van der Waals surface area contributed by atoms with E-state index in [2.05, 4.69) is 0 Å². The summed E-state index contributed by atoms with van der Waals surface area (Å²) in [6.45, 7) is 0. The predicted molar refractivity (Wildman–Crippen MR) is 113 cm³/mol. The summed E-state index contributed by atoms with van der Waals surface area (Å²) in [4.78, 5) is 13.1. The maximum Gasteiger partial charge on any atom is 0.193 e. The third-order valence-corrected chi connectivity index (χ3v) is 4.47. The van der Waals surface area contributed by atoms with E-state index in [1.54, 1.807) is 6.07 Å². The van der Waals surface area contributed by atoms with E-state index < -0.39 is 0 Å². The Bertz CT molecular complexity index is 1120. The van der Waals surface area contributed by atoms with E-state index in [-0.39, 0.29) is 5.78 Å². The van der Waals surface area contributed by atoms with Crippen LogP contribution >= 0.6 is 0 Å². The number of ketones is 1. The minimum absolute atomic E-state index is 0.0186. The molecule has 0 saturated carbocycles. The number of benzene rings is 4. The molecule has 0 aromatic heterocycles. The Balaban J connectivity index is 1.78. The Kier molecular flexibility index (Phi) is 4.89. The Morgan fingerprint density at radius 2 is 1.36 bits per heavy atom. The molecule has 0 atom stereocenters. The summed E-state index contributed by atoms with van der Waals surface area (Å²) in [7, 11) is 0. The molecule has 0 amide bonds. The van der Waals surface area contributed by atoms with Gasteiger partial charge in [0, 0.05) is 28.4 Å². The van der Waals surface area contributed by atoms with E-state index >= 15 is 0 Å². The lowest BCUT2D eigenvalue weighted by molar-refractivity contribution is 0.103. The van der Waals surface area contributed by atoms with Gasteiger partial charge in [0.05, 0.1) is 0 Å². The average Bonchev–Trinajstić information content (AvgIpc) is 2.74. The topological polar surface area (TPSA) is 52.3 Å². The minimum Gasteiger partial charge on any atom is -0.457 e. The summed E-state index contributed by atoms with van der Waals surface area (Å²) in [6, 6.07) is 31.9. The van der Waals surface area contributed by atoms with Crippen LogP contribution in [0.15, 0.2) is 103 Å². The van der Waals surface area contributed by atoms with E-state index in [9.17, 15) is 4.79 Å². The first-order chi connectivity index (χ1) is 13.7. The molecule has 0 radical (unpaired) electrons. The molecule has 4 aromatic carbocycles. The van der Waals surface area contributed by atoms with Crippen molar-refractivity contribution < 1.29 is 9.53 Å². The molecule has 0 fully saturated rings. The molecule has 0 bridgehead atoms. The third-order valence-electron chi connectivity index (χ3n) is 4.47. The van der Waals surface area contributed by atoms with Gasteiger partial charge in [0.1, 0.15) is 11.5 Å². The van der Waals surface area contributed by atoms with Crippen molar-refractivity contribution >= 4 is 11.5 Å². The van der Waals surface area contributed by atoms with Crippen LogP contribution in [0.2, 0.25) is 0 Å². The molecule has 0 unspecified atom stereocenters. The third kappa shape index (κ3) is 3.64.